The van der Waals surface area contributed by atoms with Gasteiger partial charge in [0.05, 0.1) is 36.9 Å². The first-order valence-corrected chi connectivity index (χ1v) is 22.8. The summed E-state index contributed by atoms with van der Waals surface area (Å²) in [7, 11) is 1.91. The number of hydrogen-bond acceptors (Lipinski definition) is 11. The standard InChI is InChI=1S/C17H28N2O2Si.2C12H15N3O.C3H10N2.ClH/c1-17(2,3)22(6,7)21-13-14-9-8-11-18-16(14)15(20)10-12-19(4)5;1-9(2)15-7-5-11(14-15)12-10(8-16)4-3-6-13-12;1-9(2)15-11(5-7-14-15)12-10(8-16)4-3-6-13-12;1-3(2)5-4;/h8-12H,13H2,1-7H3;2*3-7,9,16H,8H2,1-2H3;3,5H,4H2,1-2H3;1H/p+1/b12-10+;;;;. The second kappa shape index (κ2) is 25.9. The molecule has 0 fully saturated rings. The summed E-state index contributed by atoms with van der Waals surface area (Å²) in [5.74, 6) is 4.83. The lowest BCUT2D eigenvalue weighted by Crippen LogP contribution is -2.40. The fraction of sp³-hybridized carbons (Fsp3) is 0.455. The molecule has 0 aliphatic carbocycles. The Morgan fingerprint density at radius 3 is 1.92 bits per heavy atom. The molecule has 0 unspecified atom stereocenters. The van der Waals surface area contributed by atoms with Gasteiger partial charge in [-0.15, -0.1) is 17.1 Å². The summed E-state index contributed by atoms with van der Waals surface area (Å²) in [5, 5.41) is 26.2. The average molecular weight is 867 g/mol. The van der Waals surface area contributed by atoms with Gasteiger partial charge < -0.3 is 19.5 Å². The Morgan fingerprint density at radius 2 is 1.43 bits per heavy atom. The van der Waals surface area contributed by atoms with Crippen molar-refractivity contribution in [1.29, 1.82) is 0 Å². The van der Waals surface area contributed by atoms with E-state index < -0.39 is 8.32 Å². The number of hydrogen-bond donors (Lipinski definition) is 5. The fourth-order valence-corrected chi connectivity index (χ4v) is 5.82. The van der Waals surface area contributed by atoms with Crippen molar-refractivity contribution in [2.75, 3.05) is 14.1 Å². The van der Waals surface area contributed by atoms with Crippen molar-refractivity contribution in [3.8, 4) is 22.8 Å². The van der Waals surface area contributed by atoms with Crippen molar-refractivity contribution in [3.63, 3.8) is 0 Å². The van der Waals surface area contributed by atoms with E-state index in [1.807, 2.05) is 96.9 Å². The number of aromatic nitrogens is 7. The topological polar surface area (TPSA) is 184 Å². The molecule has 0 aliphatic heterocycles. The lowest BCUT2D eigenvalue weighted by Gasteiger charge is -2.36. The van der Waals surface area contributed by atoms with Crippen molar-refractivity contribution in [3.05, 3.63) is 114 Å². The van der Waals surface area contributed by atoms with Gasteiger partial charge in [-0.1, -0.05) is 39.0 Å². The maximum absolute atomic E-state index is 12.3. The van der Waals surface area contributed by atoms with Gasteiger partial charge in [0.1, 0.15) is 11.4 Å². The number of rotatable bonds is 13. The van der Waals surface area contributed by atoms with E-state index in [0.717, 1.165) is 39.5 Å². The molecule has 5 heterocycles. The number of allylic oxidation sites excluding steroid dienone is 1. The summed E-state index contributed by atoms with van der Waals surface area (Å²) < 4.78 is 10.1. The minimum absolute atomic E-state index is 0. The van der Waals surface area contributed by atoms with Crippen LogP contribution in [-0.2, 0) is 24.2 Å². The van der Waals surface area contributed by atoms with E-state index in [-0.39, 0.29) is 42.5 Å². The van der Waals surface area contributed by atoms with Gasteiger partial charge in [-0.25, -0.2) is 0 Å². The number of nitrogens with one attached hydrogen (secondary N) is 2. The Labute approximate surface area is 364 Å². The van der Waals surface area contributed by atoms with Crippen LogP contribution in [0, 0.1) is 0 Å². The summed E-state index contributed by atoms with van der Waals surface area (Å²) in [6.07, 6.45) is 12.1. The highest BCUT2D eigenvalue weighted by molar-refractivity contribution is 6.74. The number of pyridine rings is 3. The zero-order valence-electron chi connectivity index (χ0n) is 37.8. The van der Waals surface area contributed by atoms with Crippen molar-refractivity contribution in [1.82, 2.24) is 40.2 Å². The van der Waals surface area contributed by atoms with Crippen LogP contribution in [0.5, 0.6) is 0 Å². The molecule has 330 valence electrons. The fourth-order valence-electron chi connectivity index (χ4n) is 4.87. The van der Waals surface area contributed by atoms with Crippen molar-refractivity contribution < 1.29 is 24.1 Å². The number of nitrogens with zero attached hydrogens (tertiary/aromatic N) is 7. The molecule has 60 heavy (non-hydrogen) atoms. The van der Waals surface area contributed by atoms with E-state index in [1.54, 1.807) is 31.0 Å². The van der Waals surface area contributed by atoms with Gasteiger partial charge in [0.2, 0.25) is 5.78 Å². The summed E-state index contributed by atoms with van der Waals surface area (Å²) in [5.41, 5.74) is 8.99. The number of ketones is 1. The van der Waals surface area contributed by atoms with Gasteiger partial charge in [-0.2, -0.15) is 10.2 Å². The van der Waals surface area contributed by atoms with Gasteiger partial charge >= 0.3 is 0 Å². The van der Waals surface area contributed by atoms with Gasteiger partial charge in [0.15, 0.2) is 20.6 Å². The van der Waals surface area contributed by atoms with Crippen LogP contribution in [-0.4, -0.2) is 79.2 Å². The zero-order valence-corrected chi connectivity index (χ0v) is 39.7. The smallest absolute Gasteiger partial charge is 0.205 e. The molecule has 0 saturated carbocycles. The molecule has 14 nitrogen and oxygen atoms in total. The maximum atomic E-state index is 12.3. The number of carbonyl (C=O) groups excluding carboxylic acids is 1. The summed E-state index contributed by atoms with van der Waals surface area (Å²) in [4.78, 5) is 26.9. The molecule has 0 saturated heterocycles. The number of nitrogens with two attached hydrogens (primary N) is 1. The number of hydrazine groups is 1. The monoisotopic (exact) mass is 866 g/mol. The normalized spacial score (nSPS) is 11.3. The van der Waals surface area contributed by atoms with Gasteiger partial charge in [0, 0.05) is 86.0 Å². The highest BCUT2D eigenvalue weighted by Crippen LogP contribution is 2.37. The molecule has 16 heteroatoms. The quantitative estimate of drug-likeness (QED) is 0.0196. The third-order valence-corrected chi connectivity index (χ3v) is 13.8. The minimum Gasteiger partial charge on any atom is -0.412 e. The molecule has 5 aromatic heterocycles. The lowest BCUT2D eigenvalue weighted by molar-refractivity contribution is -0.767. The summed E-state index contributed by atoms with van der Waals surface area (Å²) in [6.45, 7) is 23.8. The summed E-state index contributed by atoms with van der Waals surface area (Å²) in [6, 6.07) is 16.1. The number of aliphatic hydroxyl groups is 2. The van der Waals surface area contributed by atoms with Gasteiger partial charge in [-0.3, -0.25) is 35.7 Å². The molecule has 0 radical (unpaired) electrons. The SMILES string of the molecule is CC(C)NN.CC(C)[n+]1ccc(-c2ncccc2CO)[nH]1.CC(C)n1nccc1-c1ncccc1CO.CN(C)/C=C/C(=O)c1ncccc1CO[Si](C)(C)C(C)(C)C.Cl. The first-order chi connectivity index (χ1) is 27.8. The molecular weight excluding hydrogens is 796 g/mol. The van der Waals surface area contributed by atoms with E-state index in [1.165, 1.54) is 6.08 Å². The number of halogens is 1. The van der Waals surface area contributed by atoms with E-state index >= 15 is 0 Å². The Morgan fingerprint density at radius 1 is 0.900 bits per heavy atom. The van der Waals surface area contributed by atoms with Crippen LogP contribution in [0.15, 0.2) is 91.8 Å². The summed E-state index contributed by atoms with van der Waals surface area (Å²) >= 11 is 0. The zero-order chi connectivity index (χ0) is 44.3. The Bertz CT molecular complexity index is 2020. The van der Waals surface area contributed by atoms with Crippen LogP contribution >= 0.6 is 12.4 Å². The number of carbonyl (C=O) groups is 1. The number of H-pyrrole nitrogens is 1. The number of aliphatic hydroxyl groups excluding tert-OH is 2. The third kappa shape index (κ3) is 16.8. The van der Waals surface area contributed by atoms with E-state index in [0.29, 0.717) is 24.4 Å². The largest absolute Gasteiger partial charge is 0.412 e. The molecule has 6 N–H and O–H groups in total. The second-order valence-corrected chi connectivity index (χ2v) is 21.3. The highest BCUT2D eigenvalue weighted by Gasteiger charge is 2.37. The molecule has 0 aliphatic rings. The highest BCUT2D eigenvalue weighted by atomic mass is 35.5. The van der Waals surface area contributed by atoms with Crippen LogP contribution < -0.4 is 16.0 Å². The van der Waals surface area contributed by atoms with Crippen molar-refractivity contribution in [2.45, 2.75) is 118 Å². The van der Waals surface area contributed by atoms with Crippen LogP contribution in [0.4, 0.5) is 0 Å². The molecule has 0 atom stereocenters. The molecule has 0 amide bonds. The Balaban J connectivity index is 0.000000427. The van der Waals surface area contributed by atoms with Gasteiger partial charge in [-0.05, 0) is 83.9 Å². The van der Waals surface area contributed by atoms with Crippen molar-refractivity contribution >= 4 is 26.5 Å². The van der Waals surface area contributed by atoms with Gasteiger partial charge in [0.25, 0.3) is 0 Å². The van der Waals surface area contributed by atoms with E-state index in [2.05, 4.69) is 92.1 Å². The molecule has 0 spiro atoms. The predicted octanol–water partition coefficient (Wildman–Crippen LogP) is 7.60. The molecule has 5 rings (SSSR count). The lowest BCUT2D eigenvalue weighted by atomic mass is 10.1. The van der Waals surface area contributed by atoms with E-state index in [9.17, 15) is 15.0 Å². The molecule has 0 aromatic carbocycles. The average Bonchev–Trinajstić information content (AvgIpc) is 3.91. The Kier molecular flexibility index (Phi) is 23.0. The minimum atomic E-state index is -1.85. The van der Waals surface area contributed by atoms with E-state index in [4.69, 9.17) is 10.3 Å². The molecule has 5 aromatic rings. The van der Waals surface area contributed by atoms with Crippen LogP contribution in [0.3, 0.4) is 0 Å². The number of aromatic amines is 1. The van der Waals surface area contributed by atoms with Crippen LogP contribution in [0.2, 0.25) is 18.1 Å². The molecular formula is C44H70ClN10O4Si+. The molecule has 0 bridgehead atoms. The van der Waals surface area contributed by atoms with Crippen molar-refractivity contribution in [2.24, 2.45) is 5.84 Å². The first kappa shape index (κ1) is 53.4. The maximum Gasteiger partial charge on any atom is 0.205 e. The second-order valence-electron chi connectivity index (χ2n) is 16.5. The first-order valence-electron chi connectivity index (χ1n) is 19.9. The predicted molar refractivity (Wildman–Crippen MR) is 245 cm³/mol. The van der Waals surface area contributed by atoms with Crippen LogP contribution in [0.1, 0.15) is 102 Å². The third-order valence-electron chi connectivity index (χ3n) is 9.36. The van der Waals surface area contributed by atoms with Crippen LogP contribution in [0.25, 0.3) is 22.8 Å². The Hall–Kier alpha value is -4.61.